The number of amides is 2. The molecule has 1 spiro atoms. The monoisotopic (exact) mass is 518 g/mol. The second-order valence-electron chi connectivity index (χ2n) is 10.6. The largest absolute Gasteiger partial charge is 0.416 e. The number of piperidine rings is 1. The van der Waals surface area contributed by atoms with Gasteiger partial charge in [0.15, 0.2) is 5.82 Å². The zero-order valence-electron chi connectivity index (χ0n) is 21.1. The van der Waals surface area contributed by atoms with Gasteiger partial charge in [-0.15, -0.1) is 5.10 Å². The van der Waals surface area contributed by atoms with E-state index in [2.05, 4.69) is 15.3 Å². The second-order valence-corrected chi connectivity index (χ2v) is 10.6. The van der Waals surface area contributed by atoms with Crippen molar-refractivity contribution in [3.8, 4) is 0 Å². The number of nitrogens with one attached hydrogen (secondary N) is 1. The van der Waals surface area contributed by atoms with Crippen LogP contribution in [0.15, 0.2) is 30.5 Å². The van der Waals surface area contributed by atoms with E-state index in [9.17, 15) is 22.8 Å². The maximum absolute atomic E-state index is 14.0. The highest BCUT2D eigenvalue weighted by Crippen LogP contribution is 2.42. The molecule has 1 aromatic heterocycles. The van der Waals surface area contributed by atoms with Crippen molar-refractivity contribution in [3.63, 3.8) is 0 Å². The van der Waals surface area contributed by atoms with Crippen molar-refractivity contribution < 1.29 is 22.8 Å². The number of hydrogen-bond donors (Lipinski definition) is 1. The van der Waals surface area contributed by atoms with Gasteiger partial charge in [0.1, 0.15) is 0 Å². The Hall–Kier alpha value is -3.08. The molecule has 2 aromatic rings. The zero-order valence-corrected chi connectivity index (χ0v) is 21.1. The molecular formula is C26H33F3N6O2. The van der Waals surface area contributed by atoms with Gasteiger partial charge in [0, 0.05) is 64.1 Å². The summed E-state index contributed by atoms with van der Waals surface area (Å²) >= 11 is 0. The van der Waals surface area contributed by atoms with E-state index in [1.54, 1.807) is 17.0 Å². The molecule has 0 aliphatic carbocycles. The lowest BCUT2D eigenvalue weighted by atomic mass is 9.78. The zero-order chi connectivity index (χ0) is 26.2. The van der Waals surface area contributed by atoms with Gasteiger partial charge >= 0.3 is 12.2 Å². The number of benzene rings is 1. The average molecular weight is 519 g/mol. The van der Waals surface area contributed by atoms with E-state index in [1.165, 1.54) is 23.9 Å². The molecule has 0 atom stereocenters. The summed E-state index contributed by atoms with van der Waals surface area (Å²) in [7, 11) is 0. The quantitative estimate of drug-likeness (QED) is 0.649. The van der Waals surface area contributed by atoms with E-state index < -0.39 is 11.7 Å². The highest BCUT2D eigenvalue weighted by atomic mass is 19.4. The van der Waals surface area contributed by atoms with Crippen molar-refractivity contribution in [3.05, 3.63) is 41.6 Å². The average Bonchev–Trinajstić information content (AvgIpc) is 3.61. The lowest BCUT2D eigenvalue weighted by Gasteiger charge is -2.39. The molecule has 5 rings (SSSR count). The number of likely N-dealkylation sites (tertiary alicyclic amines) is 2. The summed E-state index contributed by atoms with van der Waals surface area (Å²) < 4.78 is 43.1. The summed E-state index contributed by atoms with van der Waals surface area (Å²) in [5, 5.41) is 6.68. The normalized spacial score (nSPS) is 20.1. The van der Waals surface area contributed by atoms with E-state index in [-0.39, 0.29) is 23.9 Å². The van der Waals surface area contributed by atoms with Crippen molar-refractivity contribution in [1.29, 1.82) is 0 Å². The molecule has 3 fully saturated rings. The van der Waals surface area contributed by atoms with Gasteiger partial charge in [0.05, 0.1) is 5.56 Å². The lowest BCUT2D eigenvalue weighted by molar-refractivity contribution is -0.138. The van der Waals surface area contributed by atoms with Crippen LogP contribution < -0.4 is 10.2 Å². The van der Waals surface area contributed by atoms with Crippen LogP contribution in [0.4, 0.5) is 29.5 Å². The summed E-state index contributed by atoms with van der Waals surface area (Å²) in [5.74, 6) is 0.0701. The number of halogens is 3. The number of alkyl halides is 3. The minimum Gasteiger partial charge on any atom is -0.372 e. The molecule has 11 heteroatoms. The van der Waals surface area contributed by atoms with Crippen LogP contribution in [0.3, 0.4) is 0 Å². The third-order valence-corrected chi connectivity index (χ3v) is 7.97. The molecule has 3 saturated heterocycles. The number of anilines is 2. The molecule has 2 amide bonds. The van der Waals surface area contributed by atoms with Crippen molar-refractivity contribution in [2.75, 3.05) is 49.5 Å². The molecule has 8 nitrogen and oxygen atoms in total. The van der Waals surface area contributed by atoms with Crippen LogP contribution in [-0.4, -0.2) is 70.8 Å². The molecule has 3 aliphatic heterocycles. The van der Waals surface area contributed by atoms with Gasteiger partial charge in [-0.05, 0) is 61.8 Å². The Morgan fingerprint density at radius 1 is 1.03 bits per heavy atom. The first kappa shape index (κ1) is 25.6. The molecule has 4 heterocycles. The fraction of sp³-hybridized carbons (Fsp3) is 0.577. The van der Waals surface area contributed by atoms with Crippen LogP contribution in [0, 0.1) is 5.41 Å². The Bertz CT molecular complexity index is 1150. The van der Waals surface area contributed by atoms with Gasteiger partial charge in [-0.2, -0.15) is 17.9 Å². The van der Waals surface area contributed by atoms with Crippen LogP contribution in [0.2, 0.25) is 0 Å². The molecule has 3 aliphatic rings. The van der Waals surface area contributed by atoms with E-state index in [0.29, 0.717) is 30.2 Å². The molecule has 0 radical (unpaired) electrons. The van der Waals surface area contributed by atoms with Gasteiger partial charge < -0.3 is 15.1 Å². The molecule has 1 N–H and O–H groups in total. The van der Waals surface area contributed by atoms with Crippen molar-refractivity contribution >= 4 is 23.4 Å². The lowest BCUT2D eigenvalue weighted by Crippen LogP contribution is -2.45. The molecule has 200 valence electrons. The topological polar surface area (TPSA) is 73.7 Å². The van der Waals surface area contributed by atoms with Crippen molar-refractivity contribution in [2.24, 2.45) is 5.41 Å². The predicted molar refractivity (Wildman–Crippen MR) is 133 cm³/mol. The van der Waals surface area contributed by atoms with E-state index in [1.807, 2.05) is 11.0 Å². The Labute approximate surface area is 214 Å². The SMILES string of the molecule is CC(=O)Nc1ccn(C(=O)N2CCC3(CCN(Cc4ccc(N5CCCC5)cc4C(F)(F)F)C3)CC2)n1. The van der Waals surface area contributed by atoms with Gasteiger partial charge in [-0.25, -0.2) is 4.79 Å². The van der Waals surface area contributed by atoms with Gasteiger partial charge in [0.2, 0.25) is 5.91 Å². The van der Waals surface area contributed by atoms with E-state index >= 15 is 0 Å². The third kappa shape index (κ3) is 5.61. The molecule has 0 unspecified atom stereocenters. The summed E-state index contributed by atoms with van der Waals surface area (Å²) in [4.78, 5) is 30.0. The van der Waals surface area contributed by atoms with Crippen LogP contribution >= 0.6 is 0 Å². The number of carbonyl (C=O) groups excluding carboxylic acids is 2. The third-order valence-electron chi connectivity index (χ3n) is 7.97. The number of nitrogens with zero attached hydrogens (tertiary/aromatic N) is 5. The molecule has 37 heavy (non-hydrogen) atoms. The Morgan fingerprint density at radius 3 is 2.41 bits per heavy atom. The minimum atomic E-state index is -4.39. The fourth-order valence-electron chi connectivity index (χ4n) is 5.94. The summed E-state index contributed by atoms with van der Waals surface area (Å²) in [6, 6.07) is 6.14. The number of hydrogen-bond acceptors (Lipinski definition) is 5. The van der Waals surface area contributed by atoms with Gasteiger partial charge in [-0.1, -0.05) is 6.07 Å². The molecule has 0 bridgehead atoms. The smallest absolute Gasteiger partial charge is 0.372 e. The first-order valence-corrected chi connectivity index (χ1v) is 12.9. The second kappa shape index (κ2) is 10.00. The minimum absolute atomic E-state index is 0.0100. The Kier molecular flexibility index (Phi) is 6.91. The van der Waals surface area contributed by atoms with Gasteiger partial charge in [-0.3, -0.25) is 9.69 Å². The number of rotatable bonds is 4. The molecular weight excluding hydrogens is 485 g/mol. The van der Waals surface area contributed by atoms with Crippen molar-refractivity contribution in [2.45, 2.75) is 51.7 Å². The van der Waals surface area contributed by atoms with Gasteiger partial charge in [0.25, 0.3) is 0 Å². The Morgan fingerprint density at radius 2 is 1.73 bits per heavy atom. The maximum Gasteiger partial charge on any atom is 0.416 e. The van der Waals surface area contributed by atoms with Crippen LogP contribution in [0.1, 0.15) is 50.2 Å². The van der Waals surface area contributed by atoms with E-state index in [4.69, 9.17) is 0 Å². The Balaban J connectivity index is 1.20. The summed E-state index contributed by atoms with van der Waals surface area (Å²) in [6.45, 7) is 5.89. The van der Waals surface area contributed by atoms with Crippen LogP contribution in [0.25, 0.3) is 0 Å². The van der Waals surface area contributed by atoms with Crippen LogP contribution in [0.5, 0.6) is 0 Å². The first-order valence-electron chi connectivity index (χ1n) is 12.9. The fourth-order valence-corrected chi connectivity index (χ4v) is 5.94. The predicted octanol–water partition coefficient (Wildman–Crippen LogP) is 4.42. The van der Waals surface area contributed by atoms with Crippen molar-refractivity contribution in [1.82, 2.24) is 19.6 Å². The first-order chi connectivity index (χ1) is 17.6. The standard InChI is InChI=1S/C26H33F3N6O2/c1-19(36)30-23-6-12-35(31-23)24(37)34-14-8-25(9-15-34)7-13-32(18-25)17-20-4-5-21(33-10-2-3-11-33)16-22(20)26(27,28)29/h4-6,12,16H,2-3,7-11,13-15,17-18H2,1H3,(H,30,31,36). The summed E-state index contributed by atoms with van der Waals surface area (Å²) in [6.07, 6.45) is 1.69. The maximum atomic E-state index is 14.0. The van der Waals surface area contributed by atoms with Crippen LogP contribution in [-0.2, 0) is 17.5 Å². The number of aromatic nitrogens is 2. The summed E-state index contributed by atoms with van der Waals surface area (Å²) in [5.41, 5.74) is 0.464. The molecule has 0 saturated carbocycles. The molecule has 1 aromatic carbocycles. The highest BCUT2D eigenvalue weighted by Gasteiger charge is 2.42. The highest BCUT2D eigenvalue weighted by molar-refractivity contribution is 5.88. The number of carbonyl (C=O) groups is 2. The van der Waals surface area contributed by atoms with E-state index in [0.717, 1.165) is 58.3 Å².